The van der Waals surface area contributed by atoms with E-state index in [1.807, 2.05) is 0 Å². The minimum Gasteiger partial charge on any atom is -0.311 e. The molecule has 0 aromatic heterocycles. The first kappa shape index (κ1) is 11.2. The van der Waals surface area contributed by atoms with E-state index < -0.39 is 0 Å². The first-order valence-electron chi connectivity index (χ1n) is 5.74. The van der Waals surface area contributed by atoms with Gasteiger partial charge in [-0.25, -0.2) is 0 Å². The lowest BCUT2D eigenvalue weighted by Gasteiger charge is -2.28. The normalized spacial score (nSPS) is 25.7. The fraction of sp³-hybridized carbons (Fsp3) is 0.538. The summed E-state index contributed by atoms with van der Waals surface area (Å²) in [6.07, 6.45) is 4.99. The van der Waals surface area contributed by atoms with Crippen LogP contribution in [0.5, 0.6) is 0 Å². The molecule has 1 N–H and O–H groups in total. The van der Waals surface area contributed by atoms with Crippen molar-refractivity contribution in [3.05, 3.63) is 34.3 Å². The largest absolute Gasteiger partial charge is 0.311 e. The van der Waals surface area contributed by atoms with Crippen LogP contribution in [0.15, 0.2) is 28.7 Å². The van der Waals surface area contributed by atoms with Gasteiger partial charge in [-0.15, -0.1) is 0 Å². The molecule has 1 unspecified atom stereocenters. The topological polar surface area (TPSA) is 12.0 Å². The van der Waals surface area contributed by atoms with Crippen molar-refractivity contribution in [3.8, 4) is 0 Å². The molecule has 0 saturated carbocycles. The number of hydrogen-bond donors (Lipinski definition) is 1. The highest BCUT2D eigenvalue weighted by Crippen LogP contribution is 2.29. The van der Waals surface area contributed by atoms with E-state index in [0.29, 0.717) is 5.54 Å². The SMILES string of the molecule is CCC1(Cc2ccccc2Br)CCCN1. The Hall–Kier alpha value is -0.340. The molecule has 1 heterocycles. The highest BCUT2D eigenvalue weighted by Gasteiger charge is 2.31. The maximum Gasteiger partial charge on any atom is 0.0220 e. The van der Waals surface area contributed by atoms with E-state index >= 15 is 0 Å². The zero-order valence-corrected chi connectivity index (χ0v) is 10.8. The van der Waals surface area contributed by atoms with Gasteiger partial charge >= 0.3 is 0 Å². The zero-order chi connectivity index (χ0) is 10.7. The van der Waals surface area contributed by atoms with Crippen molar-refractivity contribution in [3.63, 3.8) is 0 Å². The number of halogens is 1. The molecule has 1 atom stereocenters. The third-order valence-electron chi connectivity index (χ3n) is 3.50. The van der Waals surface area contributed by atoms with Gasteiger partial charge in [0.1, 0.15) is 0 Å². The summed E-state index contributed by atoms with van der Waals surface area (Å²) < 4.78 is 1.24. The smallest absolute Gasteiger partial charge is 0.0220 e. The van der Waals surface area contributed by atoms with Crippen LogP contribution in [0.3, 0.4) is 0 Å². The molecular formula is C13H18BrN. The van der Waals surface area contributed by atoms with E-state index in [2.05, 4.69) is 52.4 Å². The van der Waals surface area contributed by atoms with Gasteiger partial charge in [-0.05, 0) is 43.9 Å². The van der Waals surface area contributed by atoms with Crippen molar-refractivity contribution in [2.45, 2.75) is 38.1 Å². The van der Waals surface area contributed by atoms with E-state index in [1.54, 1.807) is 0 Å². The van der Waals surface area contributed by atoms with E-state index in [4.69, 9.17) is 0 Å². The lowest BCUT2D eigenvalue weighted by atomic mass is 9.87. The molecule has 1 nitrogen and oxygen atoms in total. The lowest BCUT2D eigenvalue weighted by Crippen LogP contribution is -2.41. The van der Waals surface area contributed by atoms with Crippen molar-refractivity contribution in [2.24, 2.45) is 0 Å². The Morgan fingerprint density at radius 1 is 1.40 bits per heavy atom. The molecule has 2 heteroatoms. The maximum absolute atomic E-state index is 3.67. The van der Waals surface area contributed by atoms with Crippen molar-refractivity contribution in [2.75, 3.05) is 6.54 Å². The Kier molecular flexibility index (Phi) is 3.47. The van der Waals surface area contributed by atoms with Crippen molar-refractivity contribution in [1.82, 2.24) is 5.32 Å². The summed E-state index contributed by atoms with van der Waals surface area (Å²) in [6.45, 7) is 3.47. The molecule has 1 aromatic rings. The summed E-state index contributed by atoms with van der Waals surface area (Å²) in [5, 5.41) is 3.67. The Labute approximate surface area is 100 Å². The standard InChI is InChI=1S/C13H18BrN/c1-2-13(8-5-9-15-13)10-11-6-3-4-7-12(11)14/h3-4,6-7,15H,2,5,8-10H2,1H3. The minimum atomic E-state index is 0.351. The van der Waals surface area contributed by atoms with E-state index in [0.717, 1.165) is 6.42 Å². The number of hydrogen-bond acceptors (Lipinski definition) is 1. The predicted octanol–water partition coefficient (Wildman–Crippen LogP) is 3.52. The van der Waals surface area contributed by atoms with Gasteiger partial charge in [0.25, 0.3) is 0 Å². The second-order valence-corrected chi connectivity index (χ2v) is 5.29. The van der Waals surface area contributed by atoms with Gasteiger partial charge in [0.05, 0.1) is 0 Å². The van der Waals surface area contributed by atoms with Crippen LogP contribution in [0.1, 0.15) is 31.7 Å². The van der Waals surface area contributed by atoms with Crippen molar-refractivity contribution >= 4 is 15.9 Å². The molecular weight excluding hydrogens is 250 g/mol. The summed E-state index contributed by atoms with van der Waals surface area (Å²) in [4.78, 5) is 0. The van der Waals surface area contributed by atoms with Crippen molar-refractivity contribution < 1.29 is 0 Å². The molecule has 0 spiro atoms. The van der Waals surface area contributed by atoms with Crippen LogP contribution < -0.4 is 5.32 Å². The van der Waals surface area contributed by atoms with Gasteiger partial charge < -0.3 is 5.32 Å². The Bertz CT molecular complexity index is 329. The van der Waals surface area contributed by atoms with Crippen LogP contribution in [0.25, 0.3) is 0 Å². The number of rotatable bonds is 3. The molecule has 0 amide bonds. The van der Waals surface area contributed by atoms with E-state index in [-0.39, 0.29) is 0 Å². The summed E-state index contributed by atoms with van der Waals surface area (Å²) in [5.41, 5.74) is 1.78. The first-order chi connectivity index (χ1) is 7.26. The third kappa shape index (κ3) is 2.43. The quantitative estimate of drug-likeness (QED) is 0.884. The Morgan fingerprint density at radius 2 is 2.20 bits per heavy atom. The molecule has 1 saturated heterocycles. The van der Waals surface area contributed by atoms with Crippen LogP contribution in [0.4, 0.5) is 0 Å². The van der Waals surface area contributed by atoms with Crippen LogP contribution in [0, 0.1) is 0 Å². The fourth-order valence-electron chi connectivity index (χ4n) is 2.45. The highest BCUT2D eigenvalue weighted by molar-refractivity contribution is 9.10. The monoisotopic (exact) mass is 267 g/mol. The lowest BCUT2D eigenvalue weighted by molar-refractivity contribution is 0.359. The van der Waals surface area contributed by atoms with Crippen molar-refractivity contribution in [1.29, 1.82) is 0 Å². The Balaban J connectivity index is 2.16. The predicted molar refractivity (Wildman–Crippen MR) is 68.1 cm³/mol. The zero-order valence-electron chi connectivity index (χ0n) is 9.22. The fourth-order valence-corrected chi connectivity index (χ4v) is 2.88. The molecule has 1 aliphatic rings. The van der Waals surface area contributed by atoms with Gasteiger partial charge in [0.15, 0.2) is 0 Å². The van der Waals surface area contributed by atoms with Crippen LogP contribution in [-0.2, 0) is 6.42 Å². The van der Waals surface area contributed by atoms with Gasteiger partial charge in [-0.3, -0.25) is 0 Å². The second-order valence-electron chi connectivity index (χ2n) is 4.43. The first-order valence-corrected chi connectivity index (χ1v) is 6.53. The highest BCUT2D eigenvalue weighted by atomic mass is 79.9. The van der Waals surface area contributed by atoms with Crippen LogP contribution >= 0.6 is 15.9 Å². The summed E-state index contributed by atoms with van der Waals surface area (Å²) >= 11 is 3.63. The molecule has 0 radical (unpaired) electrons. The maximum atomic E-state index is 3.67. The van der Waals surface area contributed by atoms with Gasteiger partial charge in [-0.2, -0.15) is 0 Å². The molecule has 0 aliphatic carbocycles. The Morgan fingerprint density at radius 3 is 2.80 bits per heavy atom. The van der Waals surface area contributed by atoms with E-state index in [1.165, 1.54) is 35.8 Å². The summed E-state index contributed by atoms with van der Waals surface area (Å²) in [5.74, 6) is 0. The van der Waals surface area contributed by atoms with Gasteiger partial charge in [-0.1, -0.05) is 41.1 Å². The van der Waals surface area contributed by atoms with E-state index in [9.17, 15) is 0 Å². The molecule has 1 aromatic carbocycles. The minimum absolute atomic E-state index is 0.351. The number of nitrogens with one attached hydrogen (secondary N) is 1. The second kappa shape index (κ2) is 4.67. The van der Waals surface area contributed by atoms with Gasteiger partial charge in [0, 0.05) is 10.0 Å². The van der Waals surface area contributed by atoms with Gasteiger partial charge in [0.2, 0.25) is 0 Å². The molecule has 1 fully saturated rings. The van der Waals surface area contributed by atoms with Crippen LogP contribution in [0.2, 0.25) is 0 Å². The third-order valence-corrected chi connectivity index (χ3v) is 4.27. The molecule has 15 heavy (non-hydrogen) atoms. The molecule has 1 aliphatic heterocycles. The molecule has 2 rings (SSSR count). The average Bonchev–Trinajstić information content (AvgIpc) is 2.71. The molecule has 0 bridgehead atoms. The van der Waals surface area contributed by atoms with Crippen LogP contribution in [-0.4, -0.2) is 12.1 Å². The summed E-state index contributed by atoms with van der Waals surface area (Å²) in [6, 6.07) is 8.56. The summed E-state index contributed by atoms with van der Waals surface area (Å²) in [7, 11) is 0. The number of benzene rings is 1. The molecule has 82 valence electrons. The average molecular weight is 268 g/mol.